The number of nitrogens with zero attached hydrogens (tertiary/aromatic N) is 1. The second-order valence-electron chi connectivity index (χ2n) is 3.36. The number of amides is 1. The molecule has 1 heterocycles. The van der Waals surface area contributed by atoms with Crippen LogP contribution >= 0.6 is 0 Å². The van der Waals surface area contributed by atoms with Crippen LogP contribution in [0.5, 0.6) is 0 Å². The van der Waals surface area contributed by atoms with Crippen LogP contribution in [-0.4, -0.2) is 37.1 Å². The zero-order chi connectivity index (χ0) is 9.68. The molecule has 1 atom stereocenters. The minimum Gasteiger partial charge on any atom is -0.378 e. The molecule has 13 heavy (non-hydrogen) atoms. The fraction of sp³-hybridized carbons (Fsp3) is 0.700. The molecule has 0 radical (unpaired) electrons. The van der Waals surface area contributed by atoms with E-state index in [1.165, 1.54) is 0 Å². The van der Waals surface area contributed by atoms with Crippen LogP contribution in [0.25, 0.3) is 0 Å². The maximum absolute atomic E-state index is 11.7. The van der Waals surface area contributed by atoms with Gasteiger partial charge in [0.1, 0.15) is 0 Å². The zero-order valence-electron chi connectivity index (χ0n) is 8.16. The van der Waals surface area contributed by atoms with Gasteiger partial charge in [-0.25, -0.2) is 0 Å². The molecule has 3 nitrogen and oxygen atoms in total. The summed E-state index contributed by atoms with van der Waals surface area (Å²) in [4.78, 5) is 13.6. The molecular formula is C10H17NO2. The second-order valence-corrected chi connectivity index (χ2v) is 3.36. The molecule has 0 aromatic rings. The van der Waals surface area contributed by atoms with Gasteiger partial charge in [-0.1, -0.05) is 13.0 Å². The third-order valence-corrected chi connectivity index (χ3v) is 2.26. The molecule has 1 saturated heterocycles. The average Bonchev–Trinajstić information content (AvgIpc) is 2.18. The van der Waals surface area contributed by atoms with E-state index in [1.807, 2.05) is 11.8 Å². The highest BCUT2D eigenvalue weighted by molar-refractivity contribution is 5.78. The Morgan fingerprint density at radius 1 is 1.62 bits per heavy atom. The number of rotatable bonds is 3. The van der Waals surface area contributed by atoms with Crippen LogP contribution in [0, 0.1) is 5.92 Å². The van der Waals surface area contributed by atoms with Gasteiger partial charge in [-0.3, -0.25) is 4.79 Å². The van der Waals surface area contributed by atoms with Crippen molar-refractivity contribution in [3.05, 3.63) is 12.7 Å². The smallest absolute Gasteiger partial charge is 0.225 e. The highest BCUT2D eigenvalue weighted by atomic mass is 16.5. The molecule has 1 aliphatic rings. The van der Waals surface area contributed by atoms with E-state index in [4.69, 9.17) is 4.74 Å². The molecule has 1 aliphatic heterocycles. The zero-order valence-corrected chi connectivity index (χ0v) is 8.16. The first-order valence-corrected chi connectivity index (χ1v) is 4.73. The Balaban J connectivity index is 2.40. The molecule has 0 aromatic heterocycles. The maximum atomic E-state index is 11.7. The molecule has 0 aliphatic carbocycles. The van der Waals surface area contributed by atoms with Gasteiger partial charge in [0.2, 0.25) is 5.91 Å². The fourth-order valence-corrected chi connectivity index (χ4v) is 1.45. The summed E-state index contributed by atoms with van der Waals surface area (Å²) < 4.78 is 5.18. The lowest BCUT2D eigenvalue weighted by atomic mass is 10.1. The van der Waals surface area contributed by atoms with Crippen molar-refractivity contribution in [3.63, 3.8) is 0 Å². The largest absolute Gasteiger partial charge is 0.378 e. The van der Waals surface area contributed by atoms with E-state index >= 15 is 0 Å². The van der Waals surface area contributed by atoms with Gasteiger partial charge in [0.15, 0.2) is 0 Å². The minimum atomic E-state index is 0.0654. The third kappa shape index (κ3) is 2.84. The predicted molar refractivity (Wildman–Crippen MR) is 51.4 cm³/mol. The van der Waals surface area contributed by atoms with Crippen molar-refractivity contribution in [1.29, 1.82) is 0 Å². The van der Waals surface area contributed by atoms with E-state index in [0.29, 0.717) is 13.2 Å². The van der Waals surface area contributed by atoms with E-state index in [-0.39, 0.29) is 11.8 Å². The SMILES string of the molecule is C=CC[C@@H](C)C(=O)N1CCOCC1. The van der Waals surface area contributed by atoms with Crippen molar-refractivity contribution in [2.45, 2.75) is 13.3 Å². The second kappa shape index (κ2) is 5.02. The molecule has 3 heteroatoms. The van der Waals surface area contributed by atoms with Crippen molar-refractivity contribution in [2.75, 3.05) is 26.3 Å². The van der Waals surface area contributed by atoms with Gasteiger partial charge in [-0.15, -0.1) is 6.58 Å². The van der Waals surface area contributed by atoms with E-state index in [0.717, 1.165) is 19.5 Å². The number of hydrogen-bond donors (Lipinski definition) is 0. The Morgan fingerprint density at radius 2 is 2.23 bits per heavy atom. The van der Waals surface area contributed by atoms with Gasteiger partial charge in [0, 0.05) is 19.0 Å². The van der Waals surface area contributed by atoms with Gasteiger partial charge in [0.05, 0.1) is 13.2 Å². The van der Waals surface area contributed by atoms with Crippen LogP contribution in [0.1, 0.15) is 13.3 Å². The van der Waals surface area contributed by atoms with E-state index in [2.05, 4.69) is 6.58 Å². The Labute approximate surface area is 79.4 Å². The number of allylic oxidation sites excluding steroid dienone is 1. The van der Waals surface area contributed by atoms with Crippen molar-refractivity contribution in [1.82, 2.24) is 4.90 Å². The Bertz CT molecular complexity index is 185. The van der Waals surface area contributed by atoms with Crippen molar-refractivity contribution in [2.24, 2.45) is 5.92 Å². The number of ether oxygens (including phenoxy) is 1. The van der Waals surface area contributed by atoms with Gasteiger partial charge in [0.25, 0.3) is 0 Å². The van der Waals surface area contributed by atoms with Gasteiger partial charge in [-0.2, -0.15) is 0 Å². The number of hydrogen-bond acceptors (Lipinski definition) is 2. The summed E-state index contributed by atoms with van der Waals surface area (Å²) in [6, 6.07) is 0. The molecule has 0 aromatic carbocycles. The van der Waals surface area contributed by atoms with Crippen LogP contribution in [0.15, 0.2) is 12.7 Å². The van der Waals surface area contributed by atoms with E-state index < -0.39 is 0 Å². The van der Waals surface area contributed by atoms with Gasteiger partial charge in [-0.05, 0) is 6.42 Å². The lowest BCUT2D eigenvalue weighted by Gasteiger charge is -2.28. The highest BCUT2D eigenvalue weighted by Crippen LogP contribution is 2.09. The molecule has 0 spiro atoms. The predicted octanol–water partition coefficient (Wildman–Crippen LogP) is 1.06. The molecular weight excluding hydrogens is 166 g/mol. The molecule has 1 rings (SSSR count). The lowest BCUT2D eigenvalue weighted by Crippen LogP contribution is -2.43. The van der Waals surface area contributed by atoms with E-state index in [9.17, 15) is 4.79 Å². The summed E-state index contributed by atoms with van der Waals surface area (Å²) in [6.45, 7) is 8.40. The quantitative estimate of drug-likeness (QED) is 0.612. The van der Waals surface area contributed by atoms with Crippen LogP contribution in [0.2, 0.25) is 0 Å². The first-order chi connectivity index (χ1) is 6.25. The summed E-state index contributed by atoms with van der Waals surface area (Å²) in [7, 11) is 0. The highest BCUT2D eigenvalue weighted by Gasteiger charge is 2.20. The topological polar surface area (TPSA) is 29.5 Å². The summed E-state index contributed by atoms with van der Waals surface area (Å²) in [5, 5.41) is 0. The molecule has 0 N–H and O–H groups in total. The molecule has 0 bridgehead atoms. The summed E-state index contributed by atoms with van der Waals surface area (Å²) in [5.41, 5.74) is 0. The lowest BCUT2D eigenvalue weighted by molar-refractivity contribution is -0.138. The van der Waals surface area contributed by atoms with Gasteiger partial charge < -0.3 is 9.64 Å². The van der Waals surface area contributed by atoms with Gasteiger partial charge >= 0.3 is 0 Å². The normalized spacial score (nSPS) is 19.6. The van der Waals surface area contributed by atoms with Crippen LogP contribution < -0.4 is 0 Å². The van der Waals surface area contributed by atoms with Crippen LogP contribution in [-0.2, 0) is 9.53 Å². The summed E-state index contributed by atoms with van der Waals surface area (Å²) in [6.07, 6.45) is 2.55. The van der Waals surface area contributed by atoms with Crippen LogP contribution in [0.3, 0.4) is 0 Å². The monoisotopic (exact) mass is 183 g/mol. The van der Waals surface area contributed by atoms with Crippen molar-refractivity contribution < 1.29 is 9.53 Å². The molecule has 74 valence electrons. The average molecular weight is 183 g/mol. The Hall–Kier alpha value is -0.830. The standard InChI is InChI=1S/C10H17NO2/c1-3-4-9(2)10(12)11-5-7-13-8-6-11/h3,9H,1,4-8H2,2H3/t9-/m1/s1. The number of carbonyl (C=O) groups excluding carboxylic acids is 1. The fourth-order valence-electron chi connectivity index (χ4n) is 1.45. The summed E-state index contributed by atoms with van der Waals surface area (Å²) in [5.74, 6) is 0.291. The molecule has 0 unspecified atom stereocenters. The summed E-state index contributed by atoms with van der Waals surface area (Å²) >= 11 is 0. The molecule has 1 amide bonds. The van der Waals surface area contributed by atoms with Crippen LogP contribution in [0.4, 0.5) is 0 Å². The number of morpholine rings is 1. The third-order valence-electron chi connectivity index (χ3n) is 2.26. The first kappa shape index (κ1) is 10.3. The number of carbonyl (C=O) groups is 1. The Morgan fingerprint density at radius 3 is 2.77 bits per heavy atom. The first-order valence-electron chi connectivity index (χ1n) is 4.73. The van der Waals surface area contributed by atoms with Crippen molar-refractivity contribution >= 4 is 5.91 Å². The van der Waals surface area contributed by atoms with E-state index in [1.54, 1.807) is 6.08 Å². The maximum Gasteiger partial charge on any atom is 0.225 e. The molecule has 0 saturated carbocycles. The molecule has 1 fully saturated rings. The Kier molecular flexibility index (Phi) is 3.96. The minimum absolute atomic E-state index is 0.0654. The van der Waals surface area contributed by atoms with Crippen molar-refractivity contribution in [3.8, 4) is 0 Å².